The Morgan fingerprint density at radius 2 is 1.74 bits per heavy atom. The number of carbonyl (C=O) groups is 1. The van der Waals surface area contributed by atoms with Gasteiger partial charge in [-0.1, -0.05) is 18.1 Å². The summed E-state index contributed by atoms with van der Waals surface area (Å²) < 4.78 is 91.1. The first-order chi connectivity index (χ1) is 16.1. The Morgan fingerprint density at radius 1 is 1.00 bits per heavy atom. The number of ether oxygens (including phenoxy) is 2. The summed E-state index contributed by atoms with van der Waals surface area (Å²) in [5.74, 6) is -3.01. The third-order valence-electron chi connectivity index (χ3n) is 5.29. The molecule has 4 rings (SSSR count). The maximum absolute atomic E-state index is 14.6. The first-order valence-electron chi connectivity index (χ1n) is 10.3. The van der Waals surface area contributed by atoms with Crippen molar-refractivity contribution >= 4 is 16.7 Å². The van der Waals surface area contributed by atoms with Crippen LogP contribution in [0.15, 0.2) is 42.5 Å². The van der Waals surface area contributed by atoms with E-state index in [-0.39, 0.29) is 22.8 Å². The van der Waals surface area contributed by atoms with Crippen LogP contribution in [0, 0.1) is 29.3 Å². The van der Waals surface area contributed by atoms with Gasteiger partial charge in [0.25, 0.3) is 0 Å². The van der Waals surface area contributed by atoms with Crippen LogP contribution in [0.25, 0.3) is 10.8 Å². The molecule has 0 aliphatic carbocycles. The summed E-state index contributed by atoms with van der Waals surface area (Å²) in [4.78, 5) is 12.5. The summed E-state index contributed by atoms with van der Waals surface area (Å²) in [5, 5.41) is -1.16. The Morgan fingerprint density at radius 3 is 2.38 bits per heavy atom. The minimum Gasteiger partial charge on any atom is -0.423 e. The van der Waals surface area contributed by atoms with Gasteiger partial charge in [-0.2, -0.15) is 13.2 Å². The fraction of sp³-hybridized carbons (Fsp3) is 0.240. The van der Waals surface area contributed by atoms with Crippen molar-refractivity contribution in [2.24, 2.45) is 0 Å². The van der Waals surface area contributed by atoms with Crippen LogP contribution in [0.5, 0.6) is 5.75 Å². The van der Waals surface area contributed by atoms with Gasteiger partial charge in [0.1, 0.15) is 17.4 Å². The third-order valence-corrected chi connectivity index (χ3v) is 5.29. The Bertz CT molecular complexity index is 1300. The quantitative estimate of drug-likeness (QED) is 0.183. The molecule has 1 aliphatic heterocycles. The van der Waals surface area contributed by atoms with Gasteiger partial charge < -0.3 is 9.47 Å². The van der Waals surface area contributed by atoms with Gasteiger partial charge in [-0.05, 0) is 60.5 Å². The molecular weight excluding hydrogens is 462 g/mol. The molecule has 0 saturated carbocycles. The lowest BCUT2D eigenvalue weighted by Gasteiger charge is -2.22. The highest BCUT2D eigenvalue weighted by Crippen LogP contribution is 2.30. The number of benzene rings is 3. The van der Waals surface area contributed by atoms with E-state index in [1.165, 1.54) is 5.92 Å². The molecule has 3 aromatic rings. The lowest BCUT2D eigenvalue weighted by Crippen LogP contribution is -2.12. The van der Waals surface area contributed by atoms with Gasteiger partial charge in [0.15, 0.2) is 5.82 Å². The van der Waals surface area contributed by atoms with Crippen LogP contribution < -0.4 is 4.74 Å². The maximum Gasteiger partial charge on any atom is 0.458 e. The summed E-state index contributed by atoms with van der Waals surface area (Å²) in [6.07, 6.45) is -2.09. The Labute approximate surface area is 190 Å². The van der Waals surface area contributed by atoms with Crippen molar-refractivity contribution in [3.63, 3.8) is 0 Å². The topological polar surface area (TPSA) is 35.5 Å². The number of rotatable bonds is 3. The van der Waals surface area contributed by atoms with Gasteiger partial charge in [0, 0.05) is 12.5 Å². The number of hydrogen-bond donors (Lipinski definition) is 0. The first-order valence-corrected chi connectivity index (χ1v) is 10.3. The maximum atomic E-state index is 14.6. The molecule has 3 aromatic carbocycles. The molecule has 1 aliphatic rings. The Kier molecular flexibility index (Phi) is 6.53. The van der Waals surface area contributed by atoms with Gasteiger partial charge >= 0.3 is 12.1 Å². The molecule has 0 spiro atoms. The van der Waals surface area contributed by atoms with Crippen molar-refractivity contribution in [3.05, 3.63) is 76.6 Å². The van der Waals surface area contributed by atoms with E-state index in [1.54, 1.807) is 24.3 Å². The molecule has 1 atom stereocenters. The van der Waals surface area contributed by atoms with Crippen molar-refractivity contribution in [3.8, 4) is 17.6 Å². The summed E-state index contributed by atoms with van der Waals surface area (Å²) in [7, 11) is 0. The summed E-state index contributed by atoms with van der Waals surface area (Å²) in [6.45, 7) is 0.673. The monoisotopic (exact) mass is 478 g/mol. The van der Waals surface area contributed by atoms with E-state index in [4.69, 9.17) is 9.47 Å². The van der Waals surface area contributed by atoms with Crippen molar-refractivity contribution in [2.45, 2.75) is 31.5 Å². The summed E-state index contributed by atoms with van der Waals surface area (Å²) in [6, 6.07) is 8.84. The van der Waals surface area contributed by atoms with E-state index in [0.717, 1.165) is 36.8 Å². The molecule has 0 aromatic heterocycles. The largest absolute Gasteiger partial charge is 0.458 e. The first kappa shape index (κ1) is 23.6. The number of carbonyl (C=O) groups excluding carboxylic acids is 1. The number of esters is 1. The molecule has 34 heavy (non-hydrogen) atoms. The van der Waals surface area contributed by atoms with Crippen LogP contribution in [0.3, 0.4) is 0 Å². The Hall–Kier alpha value is -3.51. The standard InChI is InChI=1S/C25H16F6O3/c26-19-12-15-11-16(13-20(27)22(15)23(28)18(19)8-9-25(29,30)31)24(32)34-17-6-4-14(5-7-17)21-3-1-2-10-33-21/h4-7,11-13,21H,1-3,10H2. The zero-order valence-electron chi connectivity index (χ0n) is 17.4. The second-order valence-corrected chi connectivity index (χ2v) is 7.67. The highest BCUT2D eigenvalue weighted by Gasteiger charge is 2.25. The molecular formula is C25H16F6O3. The highest BCUT2D eigenvalue weighted by atomic mass is 19.4. The summed E-state index contributed by atoms with van der Waals surface area (Å²) in [5.41, 5.74) is -0.634. The van der Waals surface area contributed by atoms with Crippen molar-refractivity contribution in [1.29, 1.82) is 0 Å². The van der Waals surface area contributed by atoms with Gasteiger partial charge in [0.2, 0.25) is 0 Å². The van der Waals surface area contributed by atoms with Crippen molar-refractivity contribution < 1.29 is 40.6 Å². The van der Waals surface area contributed by atoms with Crippen LogP contribution in [0.4, 0.5) is 26.3 Å². The van der Waals surface area contributed by atoms with E-state index in [2.05, 4.69) is 0 Å². The van der Waals surface area contributed by atoms with E-state index in [1.807, 2.05) is 0 Å². The molecule has 1 fully saturated rings. The molecule has 176 valence electrons. The SMILES string of the molecule is O=C(Oc1ccc(C2CCCCO2)cc1)c1cc(F)c2c(F)c(C#CC(F)(F)F)c(F)cc2c1. The van der Waals surface area contributed by atoms with Crippen LogP contribution in [-0.4, -0.2) is 18.8 Å². The fourth-order valence-corrected chi connectivity index (χ4v) is 3.70. The molecule has 0 bridgehead atoms. The number of hydrogen-bond acceptors (Lipinski definition) is 3. The molecule has 0 amide bonds. The predicted octanol–water partition coefficient (Wildman–Crippen LogP) is 6.63. The third kappa shape index (κ3) is 5.18. The second kappa shape index (κ2) is 9.39. The molecule has 1 heterocycles. The van der Waals surface area contributed by atoms with Gasteiger partial charge in [-0.25, -0.2) is 18.0 Å². The molecule has 0 radical (unpaired) electrons. The molecule has 0 N–H and O–H groups in total. The van der Waals surface area contributed by atoms with Crippen LogP contribution >= 0.6 is 0 Å². The number of fused-ring (bicyclic) bond motifs is 1. The van der Waals surface area contributed by atoms with Gasteiger partial charge in [0.05, 0.1) is 22.6 Å². The van der Waals surface area contributed by atoms with E-state index in [0.29, 0.717) is 18.7 Å². The van der Waals surface area contributed by atoms with E-state index in [9.17, 15) is 31.1 Å². The van der Waals surface area contributed by atoms with E-state index >= 15 is 0 Å². The van der Waals surface area contributed by atoms with Gasteiger partial charge in [-0.15, -0.1) is 0 Å². The average Bonchev–Trinajstić information content (AvgIpc) is 2.78. The van der Waals surface area contributed by atoms with Crippen molar-refractivity contribution in [1.82, 2.24) is 0 Å². The van der Waals surface area contributed by atoms with Crippen LogP contribution in [0.2, 0.25) is 0 Å². The van der Waals surface area contributed by atoms with Gasteiger partial charge in [-0.3, -0.25) is 0 Å². The average molecular weight is 478 g/mol. The lowest BCUT2D eigenvalue weighted by molar-refractivity contribution is -0.0696. The number of halogens is 6. The van der Waals surface area contributed by atoms with Crippen LogP contribution in [-0.2, 0) is 4.74 Å². The molecule has 1 saturated heterocycles. The lowest BCUT2D eigenvalue weighted by atomic mass is 10.0. The minimum absolute atomic E-state index is 0.0383. The molecule has 9 heteroatoms. The molecule has 3 nitrogen and oxygen atoms in total. The summed E-state index contributed by atoms with van der Waals surface area (Å²) >= 11 is 0. The molecule has 1 unspecified atom stereocenters. The smallest absolute Gasteiger partial charge is 0.423 e. The predicted molar refractivity (Wildman–Crippen MR) is 111 cm³/mol. The zero-order valence-corrected chi connectivity index (χ0v) is 17.4. The fourth-order valence-electron chi connectivity index (χ4n) is 3.70. The zero-order chi connectivity index (χ0) is 24.5. The minimum atomic E-state index is -4.98. The normalized spacial score (nSPS) is 16.1. The Balaban J connectivity index is 1.59. The second-order valence-electron chi connectivity index (χ2n) is 7.67. The number of alkyl halides is 3. The van der Waals surface area contributed by atoms with E-state index < -0.39 is 40.5 Å². The van der Waals surface area contributed by atoms with Crippen molar-refractivity contribution in [2.75, 3.05) is 6.61 Å². The highest BCUT2D eigenvalue weighted by molar-refractivity contribution is 5.97. The van der Waals surface area contributed by atoms with Crippen LogP contribution in [0.1, 0.15) is 46.9 Å².